The zero-order chi connectivity index (χ0) is 22.8. The highest BCUT2D eigenvalue weighted by molar-refractivity contribution is 6.74. The second-order valence-corrected chi connectivity index (χ2v) is 14.0. The van der Waals surface area contributed by atoms with Crippen molar-refractivity contribution < 1.29 is 14.0 Å². The van der Waals surface area contributed by atoms with Crippen molar-refractivity contribution in [1.29, 1.82) is 0 Å². The van der Waals surface area contributed by atoms with E-state index in [9.17, 15) is 4.79 Å². The van der Waals surface area contributed by atoms with Crippen LogP contribution in [0, 0.1) is 0 Å². The molecule has 7 heteroatoms. The van der Waals surface area contributed by atoms with Crippen molar-refractivity contribution in [3.8, 4) is 11.4 Å². The Kier molecular flexibility index (Phi) is 6.36. The number of rotatable bonds is 7. The Labute approximate surface area is 185 Å². The Bertz CT molecular complexity index is 1080. The van der Waals surface area contributed by atoms with Crippen molar-refractivity contribution in [3.63, 3.8) is 0 Å². The Morgan fingerprint density at radius 1 is 1.10 bits per heavy atom. The van der Waals surface area contributed by atoms with Gasteiger partial charge in [0.15, 0.2) is 0 Å². The van der Waals surface area contributed by atoms with Crippen LogP contribution in [0.1, 0.15) is 33.3 Å². The Morgan fingerprint density at radius 2 is 1.71 bits per heavy atom. The zero-order valence-electron chi connectivity index (χ0n) is 19.2. The fourth-order valence-corrected chi connectivity index (χ4v) is 3.77. The van der Waals surface area contributed by atoms with Gasteiger partial charge in [0.2, 0.25) is 0 Å². The average Bonchev–Trinajstić information content (AvgIpc) is 3.11. The van der Waals surface area contributed by atoms with Gasteiger partial charge in [0.1, 0.15) is 22.5 Å². The van der Waals surface area contributed by atoms with Crippen molar-refractivity contribution in [1.82, 2.24) is 15.0 Å². The number of benzene rings is 2. The SMILES string of the molecule is C=C(C)C(=O)OCCc1ccc(O[Si](C)(C)C(C)(C)C)c(-n2nc3ccccc3n2)c1. The van der Waals surface area contributed by atoms with Gasteiger partial charge in [0.25, 0.3) is 8.32 Å². The molecule has 0 unspecified atom stereocenters. The van der Waals surface area contributed by atoms with Crippen molar-refractivity contribution in [2.45, 2.75) is 52.2 Å². The molecule has 0 amide bonds. The van der Waals surface area contributed by atoms with Crippen LogP contribution in [0.25, 0.3) is 16.7 Å². The third kappa shape index (κ3) is 5.22. The second-order valence-electron chi connectivity index (χ2n) is 9.31. The molecule has 1 heterocycles. The lowest BCUT2D eigenvalue weighted by atomic mass is 10.1. The number of fused-ring (bicyclic) bond motifs is 1. The van der Waals surface area contributed by atoms with E-state index in [0.717, 1.165) is 28.0 Å². The van der Waals surface area contributed by atoms with E-state index in [1.54, 1.807) is 11.7 Å². The van der Waals surface area contributed by atoms with Crippen LogP contribution in [0.4, 0.5) is 0 Å². The summed E-state index contributed by atoms with van der Waals surface area (Å²) in [5.74, 6) is 0.382. The lowest BCUT2D eigenvalue weighted by Gasteiger charge is -2.36. The summed E-state index contributed by atoms with van der Waals surface area (Å²) in [6.07, 6.45) is 0.577. The molecule has 0 spiro atoms. The molecule has 0 aliphatic heterocycles. The lowest BCUT2D eigenvalue weighted by Crippen LogP contribution is -2.44. The maximum atomic E-state index is 11.7. The largest absolute Gasteiger partial charge is 0.542 e. The van der Waals surface area contributed by atoms with E-state index < -0.39 is 8.32 Å². The van der Waals surface area contributed by atoms with Gasteiger partial charge in [0, 0.05) is 12.0 Å². The molecule has 0 radical (unpaired) electrons. The van der Waals surface area contributed by atoms with Crippen molar-refractivity contribution in [2.24, 2.45) is 0 Å². The van der Waals surface area contributed by atoms with Gasteiger partial charge in [-0.05, 0) is 54.9 Å². The molecule has 0 fully saturated rings. The minimum Gasteiger partial charge on any atom is -0.542 e. The minimum absolute atomic E-state index is 0.0575. The summed E-state index contributed by atoms with van der Waals surface area (Å²) >= 11 is 0. The molecule has 164 valence electrons. The van der Waals surface area contributed by atoms with Crippen LogP contribution < -0.4 is 4.43 Å². The fourth-order valence-electron chi connectivity index (χ4n) is 2.74. The highest BCUT2D eigenvalue weighted by Crippen LogP contribution is 2.39. The van der Waals surface area contributed by atoms with Gasteiger partial charge in [-0.1, -0.05) is 45.5 Å². The molecule has 0 aliphatic carbocycles. The Hall–Kier alpha value is -2.93. The second kappa shape index (κ2) is 8.67. The van der Waals surface area contributed by atoms with Gasteiger partial charge in [-0.2, -0.15) is 0 Å². The van der Waals surface area contributed by atoms with Crippen molar-refractivity contribution >= 4 is 25.3 Å². The van der Waals surface area contributed by atoms with Crippen molar-refractivity contribution in [2.75, 3.05) is 6.61 Å². The maximum Gasteiger partial charge on any atom is 0.333 e. The maximum absolute atomic E-state index is 11.7. The van der Waals surface area contributed by atoms with E-state index in [2.05, 4.69) is 50.6 Å². The molecule has 6 nitrogen and oxygen atoms in total. The van der Waals surface area contributed by atoms with Gasteiger partial charge in [-0.3, -0.25) is 0 Å². The number of carbonyl (C=O) groups is 1. The molecular weight excluding hydrogens is 406 g/mol. The lowest BCUT2D eigenvalue weighted by molar-refractivity contribution is -0.138. The summed E-state index contributed by atoms with van der Waals surface area (Å²) in [7, 11) is -2.07. The molecule has 0 N–H and O–H groups in total. The zero-order valence-corrected chi connectivity index (χ0v) is 20.2. The van der Waals surface area contributed by atoms with Crippen molar-refractivity contribution in [3.05, 3.63) is 60.2 Å². The molecule has 2 aromatic carbocycles. The molecule has 0 aliphatic rings. The first kappa shape index (κ1) is 22.7. The standard InChI is InChI=1S/C24H31N3O3Si/c1-17(2)23(28)29-15-14-18-12-13-22(30-31(6,7)24(3,4)5)21(16-18)27-25-19-10-8-9-11-20(19)26-27/h8-13,16H,1,14-15H2,2-7H3. The molecule has 31 heavy (non-hydrogen) atoms. The highest BCUT2D eigenvalue weighted by atomic mass is 28.4. The smallest absolute Gasteiger partial charge is 0.333 e. The quantitative estimate of drug-likeness (QED) is 0.279. The molecule has 0 saturated heterocycles. The number of aromatic nitrogens is 3. The summed E-state index contributed by atoms with van der Waals surface area (Å²) in [5, 5.41) is 9.36. The molecule has 1 aromatic heterocycles. The van der Waals surface area contributed by atoms with Gasteiger partial charge in [-0.25, -0.2) is 4.79 Å². The van der Waals surface area contributed by atoms with Crippen LogP contribution in [-0.2, 0) is 16.0 Å². The van der Waals surface area contributed by atoms with Gasteiger partial charge < -0.3 is 9.16 Å². The first-order chi connectivity index (χ1) is 14.5. The van der Waals surface area contributed by atoms with Gasteiger partial charge in [-0.15, -0.1) is 15.0 Å². The Balaban J connectivity index is 1.96. The molecular formula is C24H31N3O3Si. The van der Waals surface area contributed by atoms with E-state index in [1.165, 1.54) is 0 Å². The van der Waals surface area contributed by atoms with E-state index in [-0.39, 0.29) is 17.6 Å². The van der Waals surface area contributed by atoms with Crippen LogP contribution in [0.3, 0.4) is 0 Å². The third-order valence-electron chi connectivity index (χ3n) is 5.67. The van der Waals surface area contributed by atoms with Crippen LogP contribution in [-0.4, -0.2) is 35.9 Å². The third-order valence-corrected chi connectivity index (χ3v) is 10.0. The molecule has 0 bridgehead atoms. The van der Waals surface area contributed by atoms with Crippen LogP contribution >= 0.6 is 0 Å². The number of hydrogen-bond donors (Lipinski definition) is 0. The molecule has 0 saturated carbocycles. The predicted octanol–water partition coefficient (Wildman–Crippen LogP) is 5.47. The summed E-state index contributed by atoms with van der Waals surface area (Å²) in [6.45, 7) is 16.6. The minimum atomic E-state index is -2.07. The number of esters is 1. The summed E-state index contributed by atoms with van der Waals surface area (Å²) in [6, 6.07) is 13.8. The topological polar surface area (TPSA) is 66.2 Å². The summed E-state index contributed by atoms with van der Waals surface area (Å²) < 4.78 is 11.9. The van der Waals surface area contributed by atoms with Crippen LogP contribution in [0.5, 0.6) is 5.75 Å². The van der Waals surface area contributed by atoms with E-state index in [4.69, 9.17) is 9.16 Å². The van der Waals surface area contributed by atoms with Gasteiger partial charge >= 0.3 is 5.97 Å². The number of carbonyl (C=O) groups excluding carboxylic acids is 1. The highest BCUT2D eigenvalue weighted by Gasteiger charge is 2.39. The van der Waals surface area contributed by atoms with Crippen LogP contribution in [0.2, 0.25) is 18.1 Å². The first-order valence-electron chi connectivity index (χ1n) is 10.4. The van der Waals surface area contributed by atoms with E-state index >= 15 is 0 Å². The fraction of sp³-hybridized carbons (Fsp3) is 0.375. The number of ether oxygens (including phenoxy) is 1. The molecule has 3 rings (SSSR count). The average molecular weight is 438 g/mol. The number of hydrogen-bond acceptors (Lipinski definition) is 5. The summed E-state index contributed by atoms with van der Waals surface area (Å²) in [5.41, 5.74) is 3.83. The molecule has 0 atom stereocenters. The predicted molar refractivity (Wildman–Crippen MR) is 126 cm³/mol. The first-order valence-corrected chi connectivity index (χ1v) is 13.4. The van der Waals surface area contributed by atoms with Gasteiger partial charge in [0.05, 0.1) is 6.61 Å². The van der Waals surface area contributed by atoms with E-state index in [0.29, 0.717) is 12.0 Å². The summed E-state index contributed by atoms with van der Waals surface area (Å²) in [4.78, 5) is 13.3. The number of nitrogens with zero attached hydrogens (tertiary/aromatic N) is 3. The van der Waals surface area contributed by atoms with Crippen LogP contribution in [0.15, 0.2) is 54.6 Å². The molecule has 3 aromatic rings. The monoisotopic (exact) mass is 437 g/mol. The van der Waals surface area contributed by atoms with E-state index in [1.807, 2.05) is 42.5 Å². The normalized spacial score (nSPS) is 12.1. The Morgan fingerprint density at radius 3 is 2.26 bits per heavy atom.